The number of nitrogens with zero attached hydrogens (tertiary/aromatic N) is 2. The van der Waals surface area contributed by atoms with Crippen molar-refractivity contribution in [2.24, 2.45) is 0 Å². The van der Waals surface area contributed by atoms with Crippen molar-refractivity contribution in [2.75, 3.05) is 0 Å². The number of hydrogen-bond donors (Lipinski definition) is 2. The van der Waals surface area contributed by atoms with Crippen LogP contribution in [-0.4, -0.2) is 19.9 Å². The average molecular weight is 487 g/mol. The van der Waals surface area contributed by atoms with E-state index in [1.807, 2.05) is 0 Å². The molecule has 1 fully saturated rings. The highest BCUT2D eigenvalue weighted by Crippen LogP contribution is 2.60. The summed E-state index contributed by atoms with van der Waals surface area (Å²) >= 11 is 0. The molecule has 0 amide bonds. The van der Waals surface area contributed by atoms with Crippen LogP contribution in [0.1, 0.15) is 91.0 Å². The Kier molecular flexibility index (Phi) is 4.40. The van der Waals surface area contributed by atoms with Gasteiger partial charge in [-0.05, 0) is 103 Å². The zero-order valence-electron chi connectivity index (χ0n) is 22.7. The van der Waals surface area contributed by atoms with E-state index in [-0.39, 0.29) is 5.41 Å². The van der Waals surface area contributed by atoms with Gasteiger partial charge in [-0.2, -0.15) is 0 Å². The van der Waals surface area contributed by atoms with E-state index in [0.29, 0.717) is 11.8 Å². The van der Waals surface area contributed by atoms with Gasteiger partial charge in [-0.25, -0.2) is 4.98 Å². The number of aryl methyl sites for hydroxylation is 2. The third kappa shape index (κ3) is 3.02. The van der Waals surface area contributed by atoms with Gasteiger partial charge in [-0.3, -0.25) is 4.98 Å². The number of aromatic amines is 2. The molecular weight excluding hydrogens is 452 g/mol. The van der Waals surface area contributed by atoms with Crippen LogP contribution >= 0.6 is 0 Å². The summed E-state index contributed by atoms with van der Waals surface area (Å²) in [6.07, 6.45) is 2.00. The van der Waals surface area contributed by atoms with Gasteiger partial charge in [0.25, 0.3) is 0 Å². The third-order valence-corrected chi connectivity index (χ3v) is 9.51. The number of hydrogen-bond acceptors (Lipinski definition) is 2. The van der Waals surface area contributed by atoms with Crippen molar-refractivity contribution in [1.29, 1.82) is 0 Å². The van der Waals surface area contributed by atoms with E-state index in [9.17, 15) is 0 Å². The monoisotopic (exact) mass is 486 g/mol. The second-order valence-electron chi connectivity index (χ2n) is 12.1. The molecule has 4 nitrogen and oxygen atoms in total. The summed E-state index contributed by atoms with van der Waals surface area (Å²) in [4.78, 5) is 17.8. The van der Waals surface area contributed by atoms with Crippen molar-refractivity contribution in [3.63, 3.8) is 0 Å². The van der Waals surface area contributed by atoms with Gasteiger partial charge in [0.15, 0.2) is 0 Å². The highest BCUT2D eigenvalue weighted by molar-refractivity contribution is 5.92. The molecule has 0 aromatic carbocycles. The van der Waals surface area contributed by atoms with Gasteiger partial charge in [-0.15, -0.1) is 0 Å². The van der Waals surface area contributed by atoms with Crippen LogP contribution < -0.4 is 0 Å². The predicted octanol–water partition coefficient (Wildman–Crippen LogP) is 8.10. The molecule has 0 saturated heterocycles. The number of fused-ring (bicyclic) bond motifs is 15. The first kappa shape index (κ1) is 22.5. The second kappa shape index (κ2) is 7.22. The van der Waals surface area contributed by atoms with Crippen molar-refractivity contribution >= 4 is 33.2 Å². The molecule has 0 unspecified atom stereocenters. The van der Waals surface area contributed by atoms with E-state index in [1.165, 1.54) is 50.1 Å². The van der Waals surface area contributed by atoms with Crippen molar-refractivity contribution < 1.29 is 0 Å². The summed E-state index contributed by atoms with van der Waals surface area (Å²) < 4.78 is 0. The van der Waals surface area contributed by atoms with Crippen LogP contribution in [0.3, 0.4) is 0 Å². The maximum Gasteiger partial charge on any atom is 0.0690 e. The van der Waals surface area contributed by atoms with Gasteiger partial charge < -0.3 is 9.97 Å². The van der Waals surface area contributed by atoms with E-state index in [1.54, 1.807) is 0 Å². The first-order valence-corrected chi connectivity index (χ1v) is 13.3. The summed E-state index contributed by atoms with van der Waals surface area (Å²) in [5, 5.41) is 0. The molecule has 0 spiro atoms. The molecule has 1 saturated carbocycles. The van der Waals surface area contributed by atoms with Gasteiger partial charge in [0, 0.05) is 57.1 Å². The normalized spacial score (nSPS) is 21.8. The smallest absolute Gasteiger partial charge is 0.0690 e. The summed E-state index contributed by atoms with van der Waals surface area (Å²) in [7, 11) is 0. The minimum atomic E-state index is -0.0418. The molecule has 10 bridgehead atoms. The first-order chi connectivity index (χ1) is 17.5. The Labute approximate surface area is 218 Å². The standard InChI is InChI=1S/C33H34N4/c1-15-16(2)23-10-22(15)31-28-12-27-20(6)19(5)26(36-27)11-25-18(4)17(3)24(35-25)9-21-14-33(7,8)30(34-21)13-29(37-28)32(23)31/h9,11-13,22-23,35,37H,1-2,10,14H2,3-8H3/t22-,23+/m1/s1. The van der Waals surface area contributed by atoms with Crippen molar-refractivity contribution in [2.45, 2.75) is 71.6 Å². The van der Waals surface area contributed by atoms with Crippen molar-refractivity contribution in [3.05, 3.63) is 93.6 Å². The van der Waals surface area contributed by atoms with Gasteiger partial charge in [0.2, 0.25) is 0 Å². The lowest BCUT2D eigenvalue weighted by atomic mass is 9.85. The fourth-order valence-corrected chi connectivity index (χ4v) is 6.87. The molecule has 4 aliphatic rings. The fraction of sp³-hybridized carbons (Fsp3) is 0.333. The van der Waals surface area contributed by atoms with Crippen LogP contribution in [0.4, 0.5) is 0 Å². The Hall–Kier alpha value is -3.66. The zero-order valence-corrected chi connectivity index (χ0v) is 22.7. The second-order valence-corrected chi connectivity index (χ2v) is 12.1. The number of rotatable bonds is 0. The number of aromatic nitrogens is 4. The molecule has 2 aliphatic heterocycles. The zero-order chi connectivity index (χ0) is 26.0. The minimum absolute atomic E-state index is 0.0418. The Morgan fingerprint density at radius 2 is 1.24 bits per heavy atom. The largest absolute Gasteiger partial charge is 0.355 e. The van der Waals surface area contributed by atoms with E-state index in [2.05, 4.69) is 88.9 Å². The highest BCUT2D eigenvalue weighted by Gasteiger charge is 2.45. The van der Waals surface area contributed by atoms with E-state index in [0.717, 1.165) is 52.2 Å². The molecule has 0 radical (unpaired) electrons. The first-order valence-electron chi connectivity index (χ1n) is 13.3. The molecular formula is C33H34N4. The van der Waals surface area contributed by atoms with Crippen LogP contribution in [0.25, 0.3) is 33.2 Å². The average Bonchev–Trinajstić information content (AvgIpc) is 3.63. The van der Waals surface area contributed by atoms with Crippen LogP contribution in [0.2, 0.25) is 0 Å². The lowest BCUT2D eigenvalue weighted by Gasteiger charge is -2.18. The fourth-order valence-electron chi connectivity index (χ4n) is 6.87. The summed E-state index contributed by atoms with van der Waals surface area (Å²) in [6, 6.07) is 8.99. The van der Waals surface area contributed by atoms with Crippen molar-refractivity contribution in [1.82, 2.24) is 19.9 Å². The van der Waals surface area contributed by atoms with Crippen LogP contribution in [0.15, 0.2) is 48.6 Å². The van der Waals surface area contributed by atoms with Gasteiger partial charge in [-0.1, -0.05) is 27.0 Å². The van der Waals surface area contributed by atoms with Crippen LogP contribution in [-0.2, 0) is 11.8 Å². The molecule has 2 aliphatic carbocycles. The summed E-state index contributed by atoms with van der Waals surface area (Å²) in [5.74, 6) is 0.666. The lowest BCUT2D eigenvalue weighted by molar-refractivity contribution is 0.543. The SMILES string of the molecule is C=C1C(=C)[C@@H]2C[C@H]1c1c2c2cc3nc(cc4[nH]c(cc5nc(cc1[nH]2)C(C)=C5C)c(C)c4C)CC3(C)C. The Balaban J connectivity index is 1.65. The van der Waals surface area contributed by atoms with E-state index >= 15 is 0 Å². The predicted molar refractivity (Wildman–Crippen MR) is 154 cm³/mol. The Morgan fingerprint density at radius 1 is 0.730 bits per heavy atom. The molecule has 3 aromatic heterocycles. The molecule has 7 rings (SSSR count). The third-order valence-electron chi connectivity index (χ3n) is 9.51. The van der Waals surface area contributed by atoms with E-state index in [4.69, 9.17) is 9.97 Å². The lowest BCUT2D eigenvalue weighted by Crippen LogP contribution is -2.15. The summed E-state index contributed by atoms with van der Waals surface area (Å²) in [6.45, 7) is 22.2. The van der Waals surface area contributed by atoms with E-state index < -0.39 is 0 Å². The van der Waals surface area contributed by atoms with Crippen LogP contribution in [0, 0.1) is 13.8 Å². The van der Waals surface area contributed by atoms with Gasteiger partial charge in [0.1, 0.15) is 0 Å². The molecule has 186 valence electrons. The number of allylic oxidation sites excluding steroid dienone is 4. The number of H-pyrrole nitrogens is 2. The highest BCUT2D eigenvalue weighted by atomic mass is 14.8. The molecule has 3 aromatic rings. The van der Waals surface area contributed by atoms with Crippen LogP contribution in [0.5, 0.6) is 0 Å². The maximum absolute atomic E-state index is 5.18. The minimum Gasteiger partial charge on any atom is -0.355 e. The topological polar surface area (TPSA) is 57.4 Å². The Bertz CT molecular complexity index is 1790. The van der Waals surface area contributed by atoms with Crippen molar-refractivity contribution in [3.8, 4) is 0 Å². The van der Waals surface area contributed by atoms with Gasteiger partial charge in [0.05, 0.1) is 11.4 Å². The summed E-state index contributed by atoms with van der Waals surface area (Å²) in [5.41, 5.74) is 19.0. The quantitative estimate of drug-likeness (QED) is 0.337. The molecule has 5 heterocycles. The Morgan fingerprint density at radius 3 is 1.86 bits per heavy atom. The number of nitrogens with one attached hydrogen (secondary N) is 2. The molecule has 2 N–H and O–H groups in total. The maximum atomic E-state index is 5.18. The molecule has 37 heavy (non-hydrogen) atoms. The molecule has 2 atom stereocenters. The van der Waals surface area contributed by atoms with Gasteiger partial charge >= 0.3 is 0 Å². The molecule has 4 heteroatoms.